The zero-order valence-corrected chi connectivity index (χ0v) is 14.1. The van der Waals surface area contributed by atoms with Crippen LogP contribution in [-0.2, 0) is 17.8 Å². The van der Waals surface area contributed by atoms with Crippen molar-refractivity contribution in [2.75, 3.05) is 18.4 Å². The van der Waals surface area contributed by atoms with Crippen molar-refractivity contribution in [1.82, 2.24) is 4.90 Å². The van der Waals surface area contributed by atoms with Crippen LogP contribution in [0.15, 0.2) is 54.6 Å². The predicted octanol–water partition coefficient (Wildman–Crippen LogP) is 4.10. The molecular formula is C20H26N2O. The summed E-state index contributed by atoms with van der Waals surface area (Å²) in [5, 5.41) is 3.32. The summed E-state index contributed by atoms with van der Waals surface area (Å²) < 4.78 is 0. The number of anilines is 1. The summed E-state index contributed by atoms with van der Waals surface area (Å²) >= 11 is 0. The molecule has 0 fully saturated rings. The molecule has 1 amide bonds. The van der Waals surface area contributed by atoms with E-state index < -0.39 is 0 Å². The molecule has 3 heteroatoms. The first kappa shape index (κ1) is 17.1. The van der Waals surface area contributed by atoms with Crippen LogP contribution < -0.4 is 5.32 Å². The van der Waals surface area contributed by atoms with Crippen molar-refractivity contribution in [3.05, 3.63) is 65.7 Å². The molecule has 0 aliphatic carbocycles. The van der Waals surface area contributed by atoms with E-state index in [1.165, 1.54) is 11.1 Å². The number of aryl methyl sites for hydroxylation is 1. The zero-order chi connectivity index (χ0) is 16.5. The number of amides is 1. The SMILES string of the molecule is CCc1ccc(NCCC(=O)N(CC)Cc2ccccc2)cc1. The highest BCUT2D eigenvalue weighted by Crippen LogP contribution is 2.10. The molecule has 0 heterocycles. The van der Waals surface area contributed by atoms with Crippen LogP contribution in [0.5, 0.6) is 0 Å². The Morgan fingerprint density at radius 2 is 1.65 bits per heavy atom. The smallest absolute Gasteiger partial charge is 0.224 e. The van der Waals surface area contributed by atoms with Crippen molar-refractivity contribution >= 4 is 11.6 Å². The van der Waals surface area contributed by atoms with E-state index in [2.05, 4.69) is 48.6 Å². The minimum Gasteiger partial charge on any atom is -0.385 e. The normalized spacial score (nSPS) is 10.3. The Bertz CT molecular complexity index is 593. The van der Waals surface area contributed by atoms with E-state index in [-0.39, 0.29) is 5.91 Å². The Kier molecular flexibility index (Phi) is 6.67. The highest BCUT2D eigenvalue weighted by atomic mass is 16.2. The van der Waals surface area contributed by atoms with Gasteiger partial charge in [0.1, 0.15) is 0 Å². The lowest BCUT2D eigenvalue weighted by Crippen LogP contribution is -2.31. The average molecular weight is 310 g/mol. The molecule has 0 unspecified atom stereocenters. The molecule has 0 atom stereocenters. The van der Waals surface area contributed by atoms with E-state index in [1.54, 1.807) is 0 Å². The molecule has 0 saturated heterocycles. The summed E-state index contributed by atoms with van der Waals surface area (Å²) in [7, 11) is 0. The molecule has 1 N–H and O–H groups in total. The van der Waals surface area contributed by atoms with E-state index in [9.17, 15) is 4.79 Å². The maximum Gasteiger partial charge on any atom is 0.224 e. The Hall–Kier alpha value is -2.29. The van der Waals surface area contributed by atoms with Crippen LogP contribution in [0.3, 0.4) is 0 Å². The van der Waals surface area contributed by atoms with Gasteiger partial charge < -0.3 is 10.2 Å². The third kappa shape index (κ3) is 5.44. The van der Waals surface area contributed by atoms with Gasteiger partial charge >= 0.3 is 0 Å². The number of carbonyl (C=O) groups excluding carboxylic acids is 1. The van der Waals surface area contributed by atoms with Crippen LogP contribution in [-0.4, -0.2) is 23.9 Å². The first-order chi connectivity index (χ1) is 11.2. The van der Waals surface area contributed by atoms with Gasteiger partial charge in [-0.05, 0) is 36.6 Å². The van der Waals surface area contributed by atoms with Crippen molar-refractivity contribution in [3.8, 4) is 0 Å². The predicted molar refractivity (Wildman–Crippen MR) is 96.5 cm³/mol. The summed E-state index contributed by atoms with van der Waals surface area (Å²) in [5.41, 5.74) is 3.57. The lowest BCUT2D eigenvalue weighted by molar-refractivity contribution is -0.131. The molecule has 23 heavy (non-hydrogen) atoms. The van der Waals surface area contributed by atoms with Crippen molar-refractivity contribution in [2.45, 2.75) is 33.2 Å². The number of hydrogen-bond acceptors (Lipinski definition) is 2. The molecule has 0 saturated carbocycles. The lowest BCUT2D eigenvalue weighted by atomic mass is 10.1. The van der Waals surface area contributed by atoms with Crippen molar-refractivity contribution in [2.24, 2.45) is 0 Å². The molecule has 0 radical (unpaired) electrons. The van der Waals surface area contributed by atoms with Crippen LogP contribution in [0.4, 0.5) is 5.69 Å². The second kappa shape index (κ2) is 8.99. The van der Waals surface area contributed by atoms with Crippen LogP contribution >= 0.6 is 0 Å². The molecule has 2 rings (SSSR count). The van der Waals surface area contributed by atoms with Crippen molar-refractivity contribution in [1.29, 1.82) is 0 Å². The van der Waals surface area contributed by atoms with Crippen LogP contribution in [0, 0.1) is 0 Å². The number of benzene rings is 2. The summed E-state index contributed by atoms with van der Waals surface area (Å²) in [5.74, 6) is 0.189. The van der Waals surface area contributed by atoms with E-state index in [4.69, 9.17) is 0 Å². The van der Waals surface area contributed by atoms with Crippen LogP contribution in [0.2, 0.25) is 0 Å². The quantitative estimate of drug-likeness (QED) is 0.796. The molecule has 0 aliphatic rings. The Labute approximate surface area is 139 Å². The van der Waals surface area contributed by atoms with Gasteiger partial charge in [-0.1, -0.05) is 49.4 Å². The summed E-state index contributed by atoms with van der Waals surface area (Å²) in [6.45, 7) is 6.25. The molecule has 2 aromatic carbocycles. The molecule has 0 bridgehead atoms. The van der Waals surface area contributed by atoms with E-state index in [1.807, 2.05) is 30.0 Å². The molecule has 122 valence electrons. The monoisotopic (exact) mass is 310 g/mol. The van der Waals surface area contributed by atoms with Crippen LogP contribution in [0.25, 0.3) is 0 Å². The van der Waals surface area contributed by atoms with Crippen LogP contribution in [0.1, 0.15) is 31.4 Å². The molecule has 0 aliphatic heterocycles. The van der Waals surface area contributed by atoms with E-state index >= 15 is 0 Å². The lowest BCUT2D eigenvalue weighted by Gasteiger charge is -2.21. The van der Waals surface area contributed by atoms with Gasteiger partial charge in [-0.3, -0.25) is 4.79 Å². The van der Waals surface area contributed by atoms with Gasteiger partial charge in [0.15, 0.2) is 0 Å². The Balaban J connectivity index is 1.80. The third-order valence-corrected chi connectivity index (χ3v) is 3.98. The standard InChI is InChI=1S/C20H26N2O/c1-3-17-10-12-19(13-11-17)21-15-14-20(23)22(4-2)16-18-8-6-5-7-9-18/h5-13,21H,3-4,14-16H2,1-2H3. The topological polar surface area (TPSA) is 32.3 Å². The van der Waals surface area contributed by atoms with Gasteiger partial charge in [-0.15, -0.1) is 0 Å². The molecule has 3 nitrogen and oxygen atoms in total. The second-order valence-corrected chi connectivity index (χ2v) is 5.62. The van der Waals surface area contributed by atoms with Gasteiger partial charge in [-0.25, -0.2) is 0 Å². The highest BCUT2D eigenvalue weighted by Gasteiger charge is 2.11. The number of nitrogens with one attached hydrogen (secondary N) is 1. The van der Waals surface area contributed by atoms with Gasteiger partial charge in [0.05, 0.1) is 0 Å². The number of rotatable bonds is 8. The van der Waals surface area contributed by atoms with Crippen molar-refractivity contribution < 1.29 is 4.79 Å². The fraction of sp³-hybridized carbons (Fsp3) is 0.350. The number of nitrogens with zero attached hydrogens (tertiary/aromatic N) is 1. The van der Waals surface area contributed by atoms with E-state index in [0.717, 1.165) is 18.7 Å². The average Bonchev–Trinajstić information content (AvgIpc) is 2.61. The summed E-state index contributed by atoms with van der Waals surface area (Å²) in [6, 6.07) is 18.5. The molecule has 2 aromatic rings. The zero-order valence-electron chi connectivity index (χ0n) is 14.1. The van der Waals surface area contributed by atoms with Gasteiger partial charge in [0.2, 0.25) is 5.91 Å². The summed E-state index contributed by atoms with van der Waals surface area (Å²) in [4.78, 5) is 14.3. The van der Waals surface area contributed by atoms with Gasteiger partial charge in [0, 0.05) is 31.7 Å². The molecular weight excluding hydrogens is 284 g/mol. The van der Waals surface area contributed by atoms with Crippen molar-refractivity contribution in [3.63, 3.8) is 0 Å². The number of hydrogen-bond donors (Lipinski definition) is 1. The minimum atomic E-state index is 0.189. The second-order valence-electron chi connectivity index (χ2n) is 5.62. The largest absolute Gasteiger partial charge is 0.385 e. The fourth-order valence-corrected chi connectivity index (χ4v) is 2.51. The first-order valence-electron chi connectivity index (χ1n) is 8.37. The molecule has 0 aromatic heterocycles. The van der Waals surface area contributed by atoms with Gasteiger partial charge in [0.25, 0.3) is 0 Å². The Morgan fingerprint density at radius 1 is 0.957 bits per heavy atom. The van der Waals surface area contributed by atoms with E-state index in [0.29, 0.717) is 19.5 Å². The number of carbonyl (C=O) groups is 1. The third-order valence-electron chi connectivity index (χ3n) is 3.98. The minimum absolute atomic E-state index is 0.189. The maximum atomic E-state index is 12.4. The fourth-order valence-electron chi connectivity index (χ4n) is 2.51. The highest BCUT2D eigenvalue weighted by molar-refractivity contribution is 5.76. The molecule has 0 spiro atoms. The maximum absolute atomic E-state index is 12.4. The van der Waals surface area contributed by atoms with Gasteiger partial charge in [-0.2, -0.15) is 0 Å². The first-order valence-corrected chi connectivity index (χ1v) is 8.37. The summed E-state index contributed by atoms with van der Waals surface area (Å²) in [6.07, 6.45) is 1.56. The Morgan fingerprint density at radius 3 is 2.26 bits per heavy atom.